The molecule has 0 unspecified atom stereocenters. The second kappa shape index (κ2) is 6.78. The third kappa shape index (κ3) is 3.27. The summed E-state index contributed by atoms with van der Waals surface area (Å²) in [4.78, 5) is 24.9. The molecule has 2 aromatic rings. The number of anilines is 1. The number of nitrogens with one attached hydrogen (secondary N) is 3. The molecule has 6 nitrogen and oxygen atoms in total. The zero-order valence-electron chi connectivity index (χ0n) is 14.0. The van der Waals surface area contributed by atoms with Crippen LogP contribution < -0.4 is 16.0 Å². The van der Waals surface area contributed by atoms with E-state index in [0.717, 1.165) is 23.9 Å². The van der Waals surface area contributed by atoms with E-state index in [1.165, 1.54) is 21.4 Å². The maximum absolute atomic E-state index is 12.1. The van der Waals surface area contributed by atoms with Crippen LogP contribution in [0.2, 0.25) is 0 Å². The van der Waals surface area contributed by atoms with Gasteiger partial charge in [-0.15, -0.1) is 0 Å². The quantitative estimate of drug-likeness (QED) is 0.755. The van der Waals surface area contributed by atoms with E-state index >= 15 is 0 Å². The fourth-order valence-electron chi connectivity index (χ4n) is 3.03. The first kappa shape index (κ1) is 16.1. The van der Waals surface area contributed by atoms with Gasteiger partial charge in [-0.05, 0) is 35.4 Å². The number of carbonyl (C=O) groups is 2. The summed E-state index contributed by atoms with van der Waals surface area (Å²) in [5, 5.41) is 10.7. The normalized spacial score (nSPS) is 12.1. The number of benzene rings is 2. The lowest BCUT2D eigenvalue weighted by atomic mass is 10.0. The lowest BCUT2D eigenvalue weighted by Gasteiger charge is -2.13. The van der Waals surface area contributed by atoms with Crippen molar-refractivity contribution in [3.63, 3.8) is 0 Å². The van der Waals surface area contributed by atoms with E-state index in [2.05, 4.69) is 28.1 Å². The Hall–Kier alpha value is -2.76. The number of nitrogens with zero attached hydrogens (tertiary/aromatic N) is 1. The highest BCUT2D eigenvalue weighted by Gasteiger charge is 2.16. The first-order valence-corrected chi connectivity index (χ1v) is 8.10. The summed E-state index contributed by atoms with van der Waals surface area (Å²) in [6.07, 6.45) is 2.13. The van der Waals surface area contributed by atoms with Crippen molar-refractivity contribution in [2.24, 2.45) is 0 Å². The van der Waals surface area contributed by atoms with Crippen molar-refractivity contribution < 1.29 is 9.59 Å². The molecular weight excluding hydrogens is 304 g/mol. The number of amides is 4. The van der Waals surface area contributed by atoms with Crippen LogP contribution in [0.15, 0.2) is 30.3 Å². The topological polar surface area (TPSA) is 73.5 Å². The van der Waals surface area contributed by atoms with Crippen LogP contribution in [0.4, 0.5) is 15.3 Å². The van der Waals surface area contributed by atoms with Crippen molar-refractivity contribution in [3.05, 3.63) is 41.5 Å². The minimum Gasteiger partial charge on any atom is -0.336 e. The summed E-state index contributed by atoms with van der Waals surface area (Å²) in [5.74, 6) is 0. The van der Waals surface area contributed by atoms with E-state index in [0.29, 0.717) is 13.1 Å². The number of carbonyl (C=O) groups excluding carboxylic acids is 2. The summed E-state index contributed by atoms with van der Waals surface area (Å²) >= 11 is 0. The molecule has 0 bridgehead atoms. The van der Waals surface area contributed by atoms with Gasteiger partial charge in [0.15, 0.2) is 0 Å². The Morgan fingerprint density at radius 2 is 1.71 bits per heavy atom. The molecule has 0 aromatic heterocycles. The molecule has 4 amide bonds. The van der Waals surface area contributed by atoms with Gasteiger partial charge in [-0.3, -0.25) is 0 Å². The maximum atomic E-state index is 12.1. The van der Waals surface area contributed by atoms with E-state index in [-0.39, 0.29) is 12.1 Å². The van der Waals surface area contributed by atoms with Gasteiger partial charge >= 0.3 is 12.1 Å². The maximum Gasteiger partial charge on any atom is 0.319 e. The van der Waals surface area contributed by atoms with E-state index in [1.807, 2.05) is 18.2 Å². The Morgan fingerprint density at radius 3 is 2.46 bits per heavy atom. The molecule has 126 valence electrons. The average molecular weight is 326 g/mol. The average Bonchev–Trinajstić information content (AvgIpc) is 2.99. The van der Waals surface area contributed by atoms with E-state index in [1.54, 1.807) is 14.1 Å². The minimum atomic E-state index is -0.271. The SMILES string of the molecule is CN(C)C(=O)NCCNC(=O)Nc1ccc2c3c(cccc13)CC2. The van der Waals surface area contributed by atoms with Crippen molar-refractivity contribution in [1.29, 1.82) is 0 Å². The molecule has 3 N–H and O–H groups in total. The van der Waals surface area contributed by atoms with Crippen LogP contribution in [0.25, 0.3) is 10.8 Å². The molecule has 3 rings (SSSR count). The molecule has 1 aliphatic carbocycles. The molecule has 0 spiro atoms. The summed E-state index contributed by atoms with van der Waals surface area (Å²) in [6.45, 7) is 0.751. The molecule has 24 heavy (non-hydrogen) atoms. The number of hydrogen-bond donors (Lipinski definition) is 3. The Bertz CT molecular complexity index is 776. The predicted molar refractivity (Wildman–Crippen MR) is 95.5 cm³/mol. The first-order valence-electron chi connectivity index (χ1n) is 8.10. The Kier molecular flexibility index (Phi) is 4.55. The van der Waals surface area contributed by atoms with Crippen LogP contribution in [0.1, 0.15) is 11.1 Å². The molecule has 0 saturated carbocycles. The summed E-state index contributed by atoms with van der Waals surface area (Å²) in [5.41, 5.74) is 3.50. The standard InChI is InChI=1S/C18H22N4O2/c1-22(2)18(24)20-11-10-19-17(23)21-15-9-8-13-7-6-12-4-3-5-14(15)16(12)13/h3-5,8-9H,6-7,10-11H2,1-2H3,(H,20,24)(H2,19,21,23). The largest absolute Gasteiger partial charge is 0.336 e. The summed E-state index contributed by atoms with van der Waals surface area (Å²) in [7, 11) is 3.34. The Balaban J connectivity index is 1.60. The zero-order valence-corrected chi connectivity index (χ0v) is 14.0. The van der Waals surface area contributed by atoms with Crippen LogP contribution in [-0.4, -0.2) is 44.1 Å². The molecule has 0 heterocycles. The van der Waals surface area contributed by atoms with Gasteiger partial charge in [0.2, 0.25) is 0 Å². The van der Waals surface area contributed by atoms with Gasteiger partial charge in [0.1, 0.15) is 0 Å². The first-order chi connectivity index (χ1) is 11.6. The Morgan fingerprint density at radius 1 is 1.00 bits per heavy atom. The van der Waals surface area contributed by atoms with Crippen LogP contribution in [0.5, 0.6) is 0 Å². The lowest BCUT2D eigenvalue weighted by molar-refractivity contribution is 0.217. The van der Waals surface area contributed by atoms with E-state index < -0.39 is 0 Å². The van der Waals surface area contributed by atoms with E-state index in [9.17, 15) is 9.59 Å². The van der Waals surface area contributed by atoms with Crippen LogP contribution in [0.3, 0.4) is 0 Å². The van der Waals surface area contributed by atoms with Gasteiger partial charge in [-0.25, -0.2) is 9.59 Å². The second-order valence-electron chi connectivity index (χ2n) is 6.12. The van der Waals surface area contributed by atoms with Gasteiger partial charge in [-0.1, -0.05) is 24.3 Å². The fraction of sp³-hybridized carbons (Fsp3) is 0.333. The smallest absolute Gasteiger partial charge is 0.319 e. The fourth-order valence-corrected chi connectivity index (χ4v) is 3.03. The van der Waals surface area contributed by atoms with Crippen molar-refractivity contribution in [3.8, 4) is 0 Å². The van der Waals surface area contributed by atoms with Gasteiger partial charge < -0.3 is 20.9 Å². The third-order valence-electron chi connectivity index (χ3n) is 4.22. The number of rotatable bonds is 4. The van der Waals surface area contributed by atoms with E-state index in [4.69, 9.17) is 0 Å². The molecular formula is C18H22N4O2. The highest BCUT2D eigenvalue weighted by molar-refractivity contribution is 6.04. The highest BCUT2D eigenvalue weighted by Crippen LogP contribution is 2.34. The molecule has 0 saturated heterocycles. The van der Waals surface area contributed by atoms with Gasteiger partial charge in [0.05, 0.1) is 5.69 Å². The Labute approximate surface area is 141 Å². The predicted octanol–water partition coefficient (Wildman–Crippen LogP) is 2.33. The molecule has 0 fully saturated rings. The molecule has 6 heteroatoms. The van der Waals surface area contributed by atoms with Crippen LogP contribution in [-0.2, 0) is 12.8 Å². The van der Waals surface area contributed by atoms with Crippen LogP contribution in [0, 0.1) is 0 Å². The molecule has 0 radical (unpaired) electrons. The van der Waals surface area contributed by atoms with Crippen molar-refractivity contribution in [2.75, 3.05) is 32.5 Å². The number of urea groups is 2. The molecule has 0 aliphatic heterocycles. The third-order valence-corrected chi connectivity index (χ3v) is 4.22. The monoisotopic (exact) mass is 326 g/mol. The summed E-state index contributed by atoms with van der Waals surface area (Å²) < 4.78 is 0. The van der Waals surface area contributed by atoms with Gasteiger partial charge in [-0.2, -0.15) is 0 Å². The minimum absolute atomic E-state index is 0.176. The van der Waals surface area contributed by atoms with Crippen LogP contribution >= 0.6 is 0 Å². The number of aryl methyl sites for hydroxylation is 2. The summed E-state index contributed by atoms with van der Waals surface area (Å²) in [6, 6.07) is 9.83. The molecule has 2 aromatic carbocycles. The van der Waals surface area contributed by atoms with Crippen molar-refractivity contribution >= 4 is 28.5 Å². The highest BCUT2D eigenvalue weighted by atomic mass is 16.2. The lowest BCUT2D eigenvalue weighted by Crippen LogP contribution is -2.40. The van der Waals surface area contributed by atoms with Gasteiger partial charge in [0.25, 0.3) is 0 Å². The second-order valence-corrected chi connectivity index (χ2v) is 6.12. The number of hydrogen-bond acceptors (Lipinski definition) is 2. The van der Waals surface area contributed by atoms with Gasteiger partial charge in [0, 0.05) is 32.6 Å². The molecule has 0 atom stereocenters. The zero-order chi connectivity index (χ0) is 17.1. The van der Waals surface area contributed by atoms with Crippen molar-refractivity contribution in [1.82, 2.24) is 15.5 Å². The van der Waals surface area contributed by atoms with Crippen molar-refractivity contribution in [2.45, 2.75) is 12.8 Å². The molecule has 1 aliphatic rings.